The fraction of sp³-hybridized carbons (Fsp3) is 0.250. The zero-order chi connectivity index (χ0) is 15.1. The van der Waals surface area contributed by atoms with E-state index in [2.05, 4.69) is 34.3 Å². The van der Waals surface area contributed by atoms with Gasteiger partial charge in [-0.1, -0.05) is 11.3 Å². The summed E-state index contributed by atoms with van der Waals surface area (Å²) < 4.78 is 5.84. The Morgan fingerprint density at radius 1 is 1.21 bits per heavy atom. The lowest BCUT2D eigenvalue weighted by Crippen LogP contribution is -2.16. The van der Waals surface area contributed by atoms with Gasteiger partial charge in [-0.05, 0) is 36.2 Å². The van der Waals surface area contributed by atoms with Crippen LogP contribution >= 0.6 is 36.2 Å². The van der Waals surface area contributed by atoms with Gasteiger partial charge in [-0.2, -0.15) is 0 Å². The van der Waals surface area contributed by atoms with Crippen LogP contribution < -0.4 is 15.8 Å². The van der Waals surface area contributed by atoms with Gasteiger partial charge in [0.05, 0.1) is 0 Å². The highest BCUT2D eigenvalue weighted by molar-refractivity contribution is 7.21. The second kappa shape index (κ2) is 7.53. The zero-order valence-electron chi connectivity index (χ0n) is 13.0. The summed E-state index contributed by atoms with van der Waals surface area (Å²) in [6.07, 6.45) is 1.88. The predicted octanol–water partition coefficient (Wildman–Crippen LogP) is 3.57. The van der Waals surface area contributed by atoms with Crippen molar-refractivity contribution in [2.24, 2.45) is 0 Å². The van der Waals surface area contributed by atoms with Gasteiger partial charge in [0.15, 0.2) is 5.13 Å². The number of anilines is 1. The van der Waals surface area contributed by atoms with E-state index >= 15 is 0 Å². The Morgan fingerprint density at radius 3 is 2.88 bits per heavy atom. The van der Waals surface area contributed by atoms with Crippen molar-refractivity contribution >= 4 is 51.6 Å². The molecule has 0 radical (unpaired) electrons. The second-order valence-corrected chi connectivity index (χ2v) is 6.42. The number of fused-ring (bicyclic) bond motifs is 2. The summed E-state index contributed by atoms with van der Waals surface area (Å²) in [4.78, 5) is 9.66. The van der Waals surface area contributed by atoms with Crippen molar-refractivity contribution in [3.05, 3.63) is 35.5 Å². The van der Waals surface area contributed by atoms with E-state index in [1.165, 1.54) is 16.9 Å². The van der Waals surface area contributed by atoms with Crippen molar-refractivity contribution in [3.8, 4) is 16.9 Å². The van der Waals surface area contributed by atoms with E-state index in [1.54, 1.807) is 0 Å². The number of rotatable bonds is 1. The number of nitrogens with one attached hydrogen (secondary N) is 1. The van der Waals surface area contributed by atoms with Crippen molar-refractivity contribution in [1.82, 2.24) is 15.3 Å². The first-order valence-corrected chi connectivity index (χ1v) is 8.02. The number of nitrogens with two attached hydrogens (primary N) is 1. The van der Waals surface area contributed by atoms with Gasteiger partial charge in [0.1, 0.15) is 22.7 Å². The molecule has 0 aliphatic carbocycles. The summed E-state index contributed by atoms with van der Waals surface area (Å²) in [5.74, 6) is 1.00. The van der Waals surface area contributed by atoms with Crippen LogP contribution in [0.1, 0.15) is 11.1 Å². The summed E-state index contributed by atoms with van der Waals surface area (Å²) in [6, 6.07) is 6.35. The lowest BCUT2D eigenvalue weighted by molar-refractivity contribution is 0.323. The smallest absolute Gasteiger partial charge is 0.182 e. The Bertz CT molecular complexity index is 869. The fourth-order valence-corrected chi connectivity index (χ4v) is 3.45. The van der Waals surface area contributed by atoms with Crippen LogP contribution in [-0.2, 0) is 6.54 Å². The number of benzene rings is 1. The molecular formula is C16H18Cl2N4OS. The summed E-state index contributed by atoms with van der Waals surface area (Å²) >= 11 is 1.41. The van der Waals surface area contributed by atoms with Crippen molar-refractivity contribution in [2.45, 2.75) is 13.5 Å². The van der Waals surface area contributed by atoms with Gasteiger partial charge in [0, 0.05) is 30.4 Å². The first-order chi connectivity index (χ1) is 10.7. The number of hydrogen-bond acceptors (Lipinski definition) is 6. The molecule has 0 fully saturated rings. The molecule has 24 heavy (non-hydrogen) atoms. The Balaban J connectivity index is 0.00000104. The molecule has 5 nitrogen and oxygen atoms in total. The largest absolute Gasteiger partial charge is 0.492 e. The lowest BCUT2D eigenvalue weighted by Gasteiger charge is -2.12. The monoisotopic (exact) mass is 384 g/mol. The fourth-order valence-electron chi connectivity index (χ4n) is 2.80. The molecule has 8 heteroatoms. The van der Waals surface area contributed by atoms with Gasteiger partial charge < -0.3 is 15.8 Å². The Labute approximate surface area is 156 Å². The molecule has 128 valence electrons. The topological polar surface area (TPSA) is 73.1 Å². The molecule has 0 unspecified atom stereocenters. The molecule has 4 rings (SSSR count). The first kappa shape index (κ1) is 18.7. The number of pyridine rings is 1. The van der Waals surface area contributed by atoms with Crippen LogP contribution in [-0.4, -0.2) is 23.1 Å². The molecular weight excluding hydrogens is 367 g/mol. The van der Waals surface area contributed by atoms with Crippen molar-refractivity contribution in [2.75, 3.05) is 18.9 Å². The van der Waals surface area contributed by atoms with Gasteiger partial charge in [-0.3, -0.25) is 0 Å². The Hall–Kier alpha value is -1.60. The molecule has 1 aliphatic heterocycles. The molecule has 0 saturated heterocycles. The molecule has 0 spiro atoms. The van der Waals surface area contributed by atoms with Gasteiger partial charge in [-0.15, -0.1) is 24.8 Å². The molecule has 1 aliphatic rings. The summed E-state index contributed by atoms with van der Waals surface area (Å²) in [7, 11) is 0. The Kier molecular flexibility index (Phi) is 5.87. The van der Waals surface area contributed by atoms with Gasteiger partial charge in [0.25, 0.3) is 0 Å². The van der Waals surface area contributed by atoms with Crippen molar-refractivity contribution < 1.29 is 4.74 Å². The van der Waals surface area contributed by atoms with Gasteiger partial charge in [0.2, 0.25) is 0 Å². The minimum Gasteiger partial charge on any atom is -0.492 e. The lowest BCUT2D eigenvalue weighted by atomic mass is 10.00. The molecule has 0 atom stereocenters. The number of aryl methyl sites for hydroxylation is 1. The third-order valence-corrected chi connectivity index (χ3v) is 4.60. The van der Waals surface area contributed by atoms with Crippen molar-refractivity contribution in [3.63, 3.8) is 0 Å². The molecule has 3 aromatic rings. The van der Waals surface area contributed by atoms with Crippen LogP contribution in [0.15, 0.2) is 24.4 Å². The maximum absolute atomic E-state index is 5.84. The van der Waals surface area contributed by atoms with E-state index in [1.807, 2.05) is 12.3 Å². The summed E-state index contributed by atoms with van der Waals surface area (Å²) in [5, 5.41) is 3.93. The zero-order valence-corrected chi connectivity index (χ0v) is 15.5. The maximum Gasteiger partial charge on any atom is 0.182 e. The van der Waals surface area contributed by atoms with Crippen LogP contribution in [0.25, 0.3) is 21.5 Å². The van der Waals surface area contributed by atoms with E-state index in [0.717, 1.165) is 45.9 Å². The SMILES string of the molecule is Cc1cc(-c2cnc3sc(N)nc3c2)cc2c1OCCNC2.Cl.Cl. The maximum atomic E-state index is 5.84. The average Bonchev–Trinajstić information content (AvgIpc) is 2.71. The van der Waals surface area contributed by atoms with Gasteiger partial charge in [-0.25, -0.2) is 9.97 Å². The molecule has 0 amide bonds. The second-order valence-electron chi connectivity index (χ2n) is 5.41. The van der Waals surface area contributed by atoms with E-state index < -0.39 is 0 Å². The van der Waals surface area contributed by atoms with Crippen LogP contribution in [0.2, 0.25) is 0 Å². The van der Waals surface area contributed by atoms with Crippen LogP contribution in [0, 0.1) is 6.92 Å². The third-order valence-electron chi connectivity index (χ3n) is 3.79. The highest BCUT2D eigenvalue weighted by Crippen LogP contribution is 2.33. The number of hydrogen-bond donors (Lipinski definition) is 2. The minimum absolute atomic E-state index is 0. The van der Waals surface area contributed by atoms with E-state index in [0.29, 0.717) is 11.7 Å². The highest BCUT2D eigenvalue weighted by Gasteiger charge is 2.14. The minimum atomic E-state index is 0. The number of thiazole rings is 1. The molecule has 1 aromatic carbocycles. The molecule has 0 saturated carbocycles. The number of nitrogen functional groups attached to an aromatic ring is 1. The van der Waals surface area contributed by atoms with Crippen LogP contribution in [0.5, 0.6) is 5.75 Å². The van der Waals surface area contributed by atoms with E-state index in [4.69, 9.17) is 10.5 Å². The van der Waals surface area contributed by atoms with Gasteiger partial charge >= 0.3 is 0 Å². The number of aromatic nitrogens is 2. The molecule has 3 heterocycles. The number of nitrogens with zero attached hydrogens (tertiary/aromatic N) is 2. The first-order valence-electron chi connectivity index (χ1n) is 7.20. The standard InChI is InChI=1S/C16H16N4OS.2ClH/c1-9-4-10(5-12-7-18-2-3-21-14(9)12)11-6-13-15(19-8-11)22-16(17)20-13;;/h4-6,8,18H,2-3,7H2,1H3,(H2,17,20);2*1H. The predicted molar refractivity (Wildman–Crippen MR) is 104 cm³/mol. The normalized spacial score (nSPS) is 13.2. The summed E-state index contributed by atoms with van der Waals surface area (Å²) in [5.41, 5.74) is 11.1. The number of ether oxygens (including phenoxy) is 1. The molecule has 2 aromatic heterocycles. The quantitative estimate of drug-likeness (QED) is 0.670. The third kappa shape index (κ3) is 3.42. The Morgan fingerprint density at radius 2 is 2.04 bits per heavy atom. The van der Waals surface area contributed by atoms with Crippen LogP contribution in [0.3, 0.4) is 0 Å². The van der Waals surface area contributed by atoms with E-state index in [9.17, 15) is 0 Å². The molecule has 0 bridgehead atoms. The van der Waals surface area contributed by atoms with E-state index in [-0.39, 0.29) is 24.8 Å². The van der Waals surface area contributed by atoms with Crippen LogP contribution in [0.4, 0.5) is 5.13 Å². The average molecular weight is 385 g/mol. The number of halogens is 2. The molecule has 3 N–H and O–H groups in total. The highest BCUT2D eigenvalue weighted by atomic mass is 35.5. The van der Waals surface area contributed by atoms with Crippen molar-refractivity contribution in [1.29, 1.82) is 0 Å². The summed E-state index contributed by atoms with van der Waals surface area (Å²) in [6.45, 7) is 4.48.